The van der Waals surface area contributed by atoms with Crippen LogP contribution in [0.4, 0.5) is 0 Å². The molecular formula is C20H26N4O3. The quantitative estimate of drug-likeness (QED) is 0.802. The number of carbonyl (C=O) groups excluding carboxylic acids is 2. The molecule has 1 saturated heterocycles. The van der Waals surface area contributed by atoms with Crippen LogP contribution in [0.2, 0.25) is 0 Å². The van der Waals surface area contributed by atoms with E-state index in [0.717, 1.165) is 12.1 Å². The lowest BCUT2D eigenvalue weighted by Gasteiger charge is -2.19. The number of hydrogen-bond acceptors (Lipinski definition) is 5. The summed E-state index contributed by atoms with van der Waals surface area (Å²) in [7, 11) is 3.93. The van der Waals surface area contributed by atoms with Gasteiger partial charge in [-0.15, -0.1) is 0 Å². The highest BCUT2D eigenvalue weighted by Gasteiger charge is 2.33. The number of rotatable bonds is 7. The van der Waals surface area contributed by atoms with Crippen molar-refractivity contribution in [2.45, 2.75) is 19.9 Å². The number of carbonyl (C=O) groups is 2. The minimum atomic E-state index is -0.303. The van der Waals surface area contributed by atoms with Crippen LogP contribution in [0.15, 0.2) is 34.9 Å². The summed E-state index contributed by atoms with van der Waals surface area (Å²) in [6, 6.07) is 9.81. The summed E-state index contributed by atoms with van der Waals surface area (Å²) >= 11 is 0. The molecule has 1 aliphatic heterocycles. The molecule has 1 fully saturated rings. The highest BCUT2D eigenvalue weighted by atomic mass is 16.5. The number of nitrogens with zero attached hydrogens (tertiary/aromatic N) is 3. The van der Waals surface area contributed by atoms with E-state index in [2.05, 4.69) is 10.5 Å². The first kappa shape index (κ1) is 19.1. The van der Waals surface area contributed by atoms with Gasteiger partial charge in [-0.1, -0.05) is 35.0 Å². The number of hydrogen-bond donors (Lipinski definition) is 1. The van der Waals surface area contributed by atoms with Gasteiger partial charge in [0.15, 0.2) is 5.76 Å². The van der Waals surface area contributed by atoms with Crippen LogP contribution in [0.3, 0.4) is 0 Å². The van der Waals surface area contributed by atoms with Gasteiger partial charge in [-0.05, 0) is 21.0 Å². The number of likely N-dealkylation sites (N-methyl/N-ethyl adjacent to an activating group) is 1. The Labute approximate surface area is 159 Å². The minimum absolute atomic E-state index is 0.0418. The standard InChI is InChI=1S/C20H26N4O3/c1-14-4-6-15(7-5-14)18-11-17(22-27-18)12-21-20(26)16-10-19(25)24(13-16)9-8-23(2)3/h4-7,11,16H,8-10,12-13H2,1-3H3,(H,21,26)/t16-/m0/s1. The number of aryl methyl sites for hydroxylation is 1. The largest absolute Gasteiger partial charge is 0.356 e. The van der Waals surface area contributed by atoms with E-state index in [1.54, 1.807) is 4.90 Å². The van der Waals surface area contributed by atoms with Gasteiger partial charge in [0.1, 0.15) is 5.69 Å². The highest BCUT2D eigenvalue weighted by Crippen LogP contribution is 2.21. The zero-order valence-electron chi connectivity index (χ0n) is 16.1. The Bertz CT molecular complexity index is 798. The molecule has 0 aliphatic carbocycles. The summed E-state index contributed by atoms with van der Waals surface area (Å²) in [4.78, 5) is 28.2. The van der Waals surface area contributed by atoms with Gasteiger partial charge >= 0.3 is 0 Å². The smallest absolute Gasteiger partial charge is 0.225 e. The minimum Gasteiger partial charge on any atom is -0.356 e. The Morgan fingerprint density at radius 2 is 2.07 bits per heavy atom. The maximum atomic E-state index is 12.4. The fraction of sp³-hybridized carbons (Fsp3) is 0.450. The van der Waals surface area contributed by atoms with Crippen LogP contribution >= 0.6 is 0 Å². The number of aromatic nitrogens is 1. The molecule has 27 heavy (non-hydrogen) atoms. The molecule has 2 heterocycles. The van der Waals surface area contributed by atoms with Crippen molar-refractivity contribution in [1.29, 1.82) is 0 Å². The van der Waals surface area contributed by atoms with Crippen molar-refractivity contribution in [1.82, 2.24) is 20.3 Å². The first-order chi connectivity index (χ1) is 12.9. The van der Waals surface area contributed by atoms with E-state index in [4.69, 9.17) is 4.52 Å². The lowest BCUT2D eigenvalue weighted by Crippen LogP contribution is -2.35. The van der Waals surface area contributed by atoms with Crippen LogP contribution in [0.1, 0.15) is 17.7 Å². The van der Waals surface area contributed by atoms with Gasteiger partial charge in [0.25, 0.3) is 0 Å². The predicted octanol–water partition coefficient (Wildman–Crippen LogP) is 1.68. The monoisotopic (exact) mass is 370 g/mol. The summed E-state index contributed by atoms with van der Waals surface area (Å²) in [6.45, 7) is 4.24. The van der Waals surface area contributed by atoms with E-state index in [9.17, 15) is 9.59 Å². The lowest BCUT2D eigenvalue weighted by molar-refractivity contribution is -0.129. The van der Waals surface area contributed by atoms with E-state index in [0.29, 0.717) is 24.5 Å². The maximum absolute atomic E-state index is 12.4. The molecule has 1 aromatic heterocycles. The van der Waals surface area contributed by atoms with E-state index in [-0.39, 0.29) is 30.7 Å². The van der Waals surface area contributed by atoms with Gasteiger partial charge < -0.3 is 19.6 Å². The SMILES string of the molecule is Cc1ccc(-c2cc(CNC(=O)[C@H]3CC(=O)N(CCN(C)C)C3)no2)cc1. The fourth-order valence-corrected chi connectivity index (χ4v) is 3.06. The van der Waals surface area contributed by atoms with E-state index in [1.807, 2.05) is 56.3 Å². The van der Waals surface area contributed by atoms with Crippen molar-refractivity contribution in [2.75, 3.05) is 33.7 Å². The molecule has 3 rings (SSSR count). The fourth-order valence-electron chi connectivity index (χ4n) is 3.06. The molecule has 1 N–H and O–H groups in total. The molecule has 0 saturated carbocycles. The Morgan fingerprint density at radius 3 is 2.78 bits per heavy atom. The number of likely N-dealkylation sites (tertiary alicyclic amines) is 1. The third kappa shape index (κ3) is 4.95. The highest BCUT2D eigenvalue weighted by molar-refractivity contribution is 5.89. The molecule has 7 nitrogen and oxygen atoms in total. The second-order valence-electron chi connectivity index (χ2n) is 7.31. The van der Waals surface area contributed by atoms with Gasteiger partial charge in [0.05, 0.1) is 12.5 Å². The average molecular weight is 370 g/mol. The van der Waals surface area contributed by atoms with Crippen molar-refractivity contribution in [3.8, 4) is 11.3 Å². The average Bonchev–Trinajstić information content (AvgIpc) is 3.25. The van der Waals surface area contributed by atoms with Crippen LogP contribution in [0.5, 0.6) is 0 Å². The van der Waals surface area contributed by atoms with Gasteiger partial charge in [0, 0.05) is 37.7 Å². The Kier molecular flexibility index (Phi) is 5.91. The summed E-state index contributed by atoms with van der Waals surface area (Å²) in [5, 5.41) is 6.89. The van der Waals surface area contributed by atoms with E-state index < -0.39 is 0 Å². The van der Waals surface area contributed by atoms with Crippen molar-refractivity contribution < 1.29 is 14.1 Å². The second-order valence-corrected chi connectivity index (χ2v) is 7.31. The second kappa shape index (κ2) is 8.35. The molecule has 1 aliphatic rings. The first-order valence-electron chi connectivity index (χ1n) is 9.15. The molecular weight excluding hydrogens is 344 g/mol. The summed E-state index contributed by atoms with van der Waals surface area (Å²) in [6.07, 6.45) is 0.271. The van der Waals surface area contributed by atoms with Crippen LogP contribution in [-0.2, 0) is 16.1 Å². The number of amides is 2. The lowest BCUT2D eigenvalue weighted by atomic mass is 10.1. The molecule has 7 heteroatoms. The normalized spacial score (nSPS) is 17.0. The molecule has 0 bridgehead atoms. The Morgan fingerprint density at radius 1 is 1.33 bits per heavy atom. The van der Waals surface area contributed by atoms with Crippen LogP contribution < -0.4 is 5.32 Å². The Hall–Kier alpha value is -2.67. The third-order valence-corrected chi connectivity index (χ3v) is 4.74. The number of benzene rings is 1. The molecule has 1 aromatic carbocycles. The van der Waals surface area contributed by atoms with Crippen LogP contribution in [0, 0.1) is 12.8 Å². The van der Waals surface area contributed by atoms with Crippen LogP contribution in [0.25, 0.3) is 11.3 Å². The van der Waals surface area contributed by atoms with Gasteiger partial charge in [-0.25, -0.2) is 0 Å². The van der Waals surface area contributed by atoms with Gasteiger partial charge in [-0.2, -0.15) is 0 Å². The van der Waals surface area contributed by atoms with E-state index >= 15 is 0 Å². The molecule has 144 valence electrons. The van der Waals surface area contributed by atoms with Crippen molar-refractivity contribution in [2.24, 2.45) is 5.92 Å². The molecule has 2 amide bonds. The van der Waals surface area contributed by atoms with Crippen molar-refractivity contribution in [3.05, 3.63) is 41.6 Å². The zero-order valence-corrected chi connectivity index (χ0v) is 16.1. The topological polar surface area (TPSA) is 78.7 Å². The molecule has 1 atom stereocenters. The molecule has 0 spiro atoms. The zero-order chi connectivity index (χ0) is 19.4. The van der Waals surface area contributed by atoms with Crippen molar-refractivity contribution in [3.63, 3.8) is 0 Å². The summed E-state index contributed by atoms with van der Waals surface area (Å²) in [5.41, 5.74) is 2.79. The van der Waals surface area contributed by atoms with E-state index in [1.165, 1.54) is 5.56 Å². The van der Waals surface area contributed by atoms with Crippen molar-refractivity contribution >= 4 is 11.8 Å². The first-order valence-corrected chi connectivity index (χ1v) is 9.15. The van der Waals surface area contributed by atoms with Gasteiger partial charge in [0.2, 0.25) is 11.8 Å². The molecule has 0 radical (unpaired) electrons. The molecule has 2 aromatic rings. The Balaban J connectivity index is 1.51. The third-order valence-electron chi connectivity index (χ3n) is 4.74. The van der Waals surface area contributed by atoms with Crippen LogP contribution in [-0.4, -0.2) is 60.5 Å². The molecule has 0 unspecified atom stereocenters. The van der Waals surface area contributed by atoms with Gasteiger partial charge in [-0.3, -0.25) is 9.59 Å². The summed E-state index contributed by atoms with van der Waals surface area (Å²) in [5.74, 6) is 0.295. The predicted molar refractivity (Wildman–Crippen MR) is 102 cm³/mol. The maximum Gasteiger partial charge on any atom is 0.225 e. The summed E-state index contributed by atoms with van der Waals surface area (Å²) < 4.78 is 5.37. The number of nitrogens with one attached hydrogen (secondary N) is 1.